The molecule has 4 aromatic carbocycles. The van der Waals surface area contributed by atoms with Gasteiger partial charge in [-0.1, -0.05) is 84.4 Å². The first-order valence-electron chi connectivity index (χ1n) is 12.5. The second-order valence-corrected chi connectivity index (χ2v) is 9.33. The van der Waals surface area contributed by atoms with Crippen LogP contribution in [-0.2, 0) is 6.42 Å². The lowest BCUT2D eigenvalue weighted by atomic mass is 9.87. The van der Waals surface area contributed by atoms with Crippen molar-refractivity contribution in [2.45, 2.75) is 19.4 Å². The number of ether oxygens (including phenoxy) is 2. The number of rotatable bonds is 6. The van der Waals surface area contributed by atoms with Crippen LogP contribution >= 0.6 is 0 Å². The zero-order chi connectivity index (χ0) is 25.8. The monoisotopic (exact) mass is 489 g/mol. The summed E-state index contributed by atoms with van der Waals surface area (Å²) < 4.78 is 11.2. The molecule has 0 bridgehead atoms. The van der Waals surface area contributed by atoms with Gasteiger partial charge in [-0.3, -0.25) is 4.79 Å². The number of fused-ring (bicyclic) bond motifs is 1. The first kappa shape index (κ1) is 24.4. The van der Waals surface area contributed by atoms with E-state index in [1.54, 1.807) is 14.2 Å². The lowest BCUT2D eigenvalue weighted by molar-refractivity contribution is 0.0694. The lowest BCUT2D eigenvalue weighted by Crippen LogP contribution is -2.40. The van der Waals surface area contributed by atoms with Gasteiger partial charge in [0.15, 0.2) is 11.5 Å². The van der Waals surface area contributed by atoms with Crippen LogP contribution in [0.4, 0.5) is 0 Å². The smallest absolute Gasteiger partial charge is 0.254 e. The molecule has 4 nitrogen and oxygen atoms in total. The van der Waals surface area contributed by atoms with E-state index >= 15 is 0 Å². The molecule has 1 aliphatic heterocycles. The molecular formula is C33H31NO3. The number of carbonyl (C=O) groups excluding carboxylic acids is 1. The van der Waals surface area contributed by atoms with E-state index in [4.69, 9.17) is 9.47 Å². The molecule has 1 unspecified atom stereocenters. The Balaban J connectivity index is 1.48. The minimum Gasteiger partial charge on any atom is -0.493 e. The lowest BCUT2D eigenvalue weighted by Gasteiger charge is -2.38. The minimum atomic E-state index is -0.214. The fraction of sp³-hybridized carbons (Fsp3) is 0.182. The SMILES string of the molecule is COc1cc2c(cc1OC)C(c1ccc(C)cc1)N(C(=O)c1ccc(/C=C/c3ccccc3)cc1)CC2. The highest BCUT2D eigenvalue weighted by Crippen LogP contribution is 2.41. The largest absolute Gasteiger partial charge is 0.493 e. The van der Waals surface area contributed by atoms with E-state index in [0.717, 1.165) is 28.7 Å². The molecule has 5 rings (SSSR count). The predicted molar refractivity (Wildman–Crippen MR) is 149 cm³/mol. The van der Waals surface area contributed by atoms with Crippen LogP contribution in [0.1, 0.15) is 49.8 Å². The zero-order valence-corrected chi connectivity index (χ0v) is 21.5. The van der Waals surface area contributed by atoms with Crippen LogP contribution in [0.3, 0.4) is 0 Å². The Morgan fingerprint density at radius 2 is 1.43 bits per heavy atom. The summed E-state index contributed by atoms with van der Waals surface area (Å²) in [6.07, 6.45) is 4.89. The first-order valence-corrected chi connectivity index (χ1v) is 12.5. The molecule has 1 heterocycles. The Bertz CT molecular complexity index is 1410. The van der Waals surface area contributed by atoms with Gasteiger partial charge in [0.1, 0.15) is 0 Å². The van der Waals surface area contributed by atoms with Crippen molar-refractivity contribution in [1.82, 2.24) is 4.90 Å². The second-order valence-electron chi connectivity index (χ2n) is 9.33. The molecular weight excluding hydrogens is 458 g/mol. The third-order valence-corrected chi connectivity index (χ3v) is 6.95. The Morgan fingerprint density at radius 1 is 0.811 bits per heavy atom. The number of benzene rings is 4. The van der Waals surface area contributed by atoms with Crippen LogP contribution in [0.25, 0.3) is 12.2 Å². The summed E-state index contributed by atoms with van der Waals surface area (Å²) in [6.45, 7) is 2.69. The van der Waals surface area contributed by atoms with Crippen LogP contribution in [0.2, 0.25) is 0 Å². The molecule has 0 saturated carbocycles. The Labute approximate surface area is 218 Å². The fourth-order valence-corrected chi connectivity index (χ4v) is 4.93. The van der Waals surface area contributed by atoms with Gasteiger partial charge in [0.05, 0.1) is 20.3 Å². The average molecular weight is 490 g/mol. The average Bonchev–Trinajstić information content (AvgIpc) is 2.95. The third kappa shape index (κ3) is 5.14. The maximum absolute atomic E-state index is 13.9. The van der Waals surface area contributed by atoms with Crippen molar-refractivity contribution >= 4 is 18.1 Å². The number of methoxy groups -OCH3 is 2. The molecule has 0 N–H and O–H groups in total. The molecule has 0 aliphatic carbocycles. The van der Waals surface area contributed by atoms with Crippen molar-refractivity contribution < 1.29 is 14.3 Å². The van der Waals surface area contributed by atoms with Gasteiger partial charge in [-0.05, 0) is 65.4 Å². The Kier molecular flexibility index (Phi) is 7.09. The fourth-order valence-electron chi connectivity index (χ4n) is 4.93. The Hall–Kier alpha value is -4.31. The van der Waals surface area contributed by atoms with E-state index < -0.39 is 0 Å². The predicted octanol–water partition coefficient (Wildman–Crippen LogP) is 6.97. The number of hydrogen-bond acceptors (Lipinski definition) is 3. The van der Waals surface area contributed by atoms with Gasteiger partial charge in [-0.15, -0.1) is 0 Å². The van der Waals surface area contributed by atoms with E-state index in [9.17, 15) is 4.79 Å². The van der Waals surface area contributed by atoms with Gasteiger partial charge in [0, 0.05) is 12.1 Å². The molecule has 4 aromatic rings. The zero-order valence-electron chi connectivity index (χ0n) is 21.5. The summed E-state index contributed by atoms with van der Waals surface area (Å²) in [6, 6.07) is 30.3. The number of aryl methyl sites for hydroxylation is 1. The molecule has 0 aromatic heterocycles. The van der Waals surface area contributed by atoms with Crippen LogP contribution < -0.4 is 9.47 Å². The molecule has 0 spiro atoms. The van der Waals surface area contributed by atoms with Gasteiger partial charge < -0.3 is 14.4 Å². The molecule has 0 fully saturated rings. The van der Waals surface area contributed by atoms with Crippen LogP contribution in [0, 0.1) is 6.92 Å². The van der Waals surface area contributed by atoms with Gasteiger partial charge in [-0.2, -0.15) is 0 Å². The van der Waals surface area contributed by atoms with Crippen molar-refractivity contribution in [2.24, 2.45) is 0 Å². The van der Waals surface area contributed by atoms with E-state index in [1.165, 1.54) is 11.1 Å². The van der Waals surface area contributed by atoms with Gasteiger partial charge in [0.25, 0.3) is 5.91 Å². The van der Waals surface area contributed by atoms with E-state index in [1.807, 2.05) is 59.5 Å². The van der Waals surface area contributed by atoms with Crippen LogP contribution in [0.15, 0.2) is 91.0 Å². The molecule has 1 atom stereocenters. The topological polar surface area (TPSA) is 38.8 Å². The first-order chi connectivity index (χ1) is 18.1. The van der Waals surface area contributed by atoms with Gasteiger partial charge in [-0.25, -0.2) is 0 Å². The number of hydrogen-bond donors (Lipinski definition) is 0. The number of amides is 1. The third-order valence-electron chi connectivity index (χ3n) is 6.95. The second kappa shape index (κ2) is 10.8. The van der Waals surface area contributed by atoms with Crippen LogP contribution in [0.5, 0.6) is 11.5 Å². The highest BCUT2D eigenvalue weighted by molar-refractivity contribution is 5.95. The van der Waals surface area contributed by atoms with E-state index in [0.29, 0.717) is 23.6 Å². The normalized spacial score (nSPS) is 14.9. The van der Waals surface area contributed by atoms with Crippen molar-refractivity contribution in [3.05, 3.63) is 130 Å². The molecule has 1 aliphatic rings. The molecule has 0 radical (unpaired) electrons. The summed E-state index contributed by atoms with van der Waals surface area (Å²) in [5.41, 5.74) is 7.38. The number of carbonyl (C=O) groups is 1. The summed E-state index contributed by atoms with van der Waals surface area (Å²) in [4.78, 5) is 15.9. The van der Waals surface area contributed by atoms with Crippen molar-refractivity contribution in [2.75, 3.05) is 20.8 Å². The number of nitrogens with zero attached hydrogens (tertiary/aromatic N) is 1. The van der Waals surface area contributed by atoms with E-state index in [2.05, 4.69) is 55.5 Å². The Morgan fingerprint density at radius 3 is 2.08 bits per heavy atom. The van der Waals surface area contributed by atoms with E-state index in [-0.39, 0.29) is 11.9 Å². The molecule has 1 amide bonds. The molecule has 4 heteroatoms. The maximum atomic E-state index is 13.9. The summed E-state index contributed by atoms with van der Waals surface area (Å²) in [7, 11) is 3.30. The van der Waals surface area contributed by atoms with Gasteiger partial charge >= 0.3 is 0 Å². The van der Waals surface area contributed by atoms with Gasteiger partial charge in [0.2, 0.25) is 0 Å². The molecule has 0 saturated heterocycles. The van der Waals surface area contributed by atoms with Crippen molar-refractivity contribution in [3.8, 4) is 11.5 Å². The molecule has 37 heavy (non-hydrogen) atoms. The quantitative estimate of drug-likeness (QED) is 0.275. The van der Waals surface area contributed by atoms with Crippen molar-refractivity contribution in [1.29, 1.82) is 0 Å². The highest BCUT2D eigenvalue weighted by Gasteiger charge is 2.33. The maximum Gasteiger partial charge on any atom is 0.254 e. The summed E-state index contributed by atoms with van der Waals surface area (Å²) >= 11 is 0. The summed E-state index contributed by atoms with van der Waals surface area (Å²) in [5, 5.41) is 0. The minimum absolute atomic E-state index is 0.0181. The van der Waals surface area contributed by atoms with Crippen LogP contribution in [-0.4, -0.2) is 31.6 Å². The molecule has 186 valence electrons. The highest BCUT2D eigenvalue weighted by atomic mass is 16.5. The summed E-state index contributed by atoms with van der Waals surface area (Å²) in [5.74, 6) is 1.40. The van der Waals surface area contributed by atoms with Crippen molar-refractivity contribution in [3.63, 3.8) is 0 Å². The standard InChI is InChI=1S/C33H31NO3/c1-23-9-15-26(16-10-23)32-29-22-31(37-3)30(36-2)21-28(29)19-20-34(32)33(35)27-17-13-25(14-18-27)12-11-24-7-5-4-6-8-24/h4-18,21-22,32H,19-20H2,1-3H3/b12-11+.